The smallest absolute Gasteiger partial charge is 0.229 e. The molecule has 1 saturated carbocycles. The van der Waals surface area contributed by atoms with Crippen molar-refractivity contribution in [1.82, 2.24) is 24.9 Å². The van der Waals surface area contributed by atoms with E-state index in [-0.39, 0.29) is 17.9 Å². The normalized spacial score (nSPS) is 17.9. The van der Waals surface area contributed by atoms with E-state index in [0.29, 0.717) is 36.1 Å². The summed E-state index contributed by atoms with van der Waals surface area (Å²) in [5.74, 6) is 0.961. The van der Waals surface area contributed by atoms with Crippen molar-refractivity contribution in [3.05, 3.63) is 54.0 Å². The van der Waals surface area contributed by atoms with Crippen molar-refractivity contribution in [2.75, 3.05) is 23.4 Å². The van der Waals surface area contributed by atoms with Gasteiger partial charge in [-0.2, -0.15) is 4.39 Å². The number of pyridine rings is 1. The first kappa shape index (κ1) is 19.5. The molecule has 0 saturated heterocycles. The van der Waals surface area contributed by atoms with E-state index in [4.69, 9.17) is 0 Å². The number of anilines is 2. The molecule has 31 heavy (non-hydrogen) atoms. The number of rotatable bonds is 4. The van der Waals surface area contributed by atoms with Crippen LogP contribution in [0.15, 0.2) is 36.8 Å². The first-order valence-electron chi connectivity index (χ1n) is 10.4. The summed E-state index contributed by atoms with van der Waals surface area (Å²) >= 11 is 0. The van der Waals surface area contributed by atoms with Crippen LogP contribution in [0.3, 0.4) is 0 Å². The van der Waals surface area contributed by atoms with Crippen molar-refractivity contribution >= 4 is 17.4 Å². The monoisotopic (exact) mass is 419 g/mol. The highest BCUT2D eigenvalue weighted by Crippen LogP contribution is 2.35. The quantitative estimate of drug-likeness (QED) is 0.601. The average molecular weight is 419 g/mol. The molecule has 0 bridgehead atoms. The lowest BCUT2D eigenvalue weighted by Gasteiger charge is -2.35. The summed E-state index contributed by atoms with van der Waals surface area (Å²) < 4.78 is 14.4. The van der Waals surface area contributed by atoms with Crippen LogP contribution in [-0.2, 0) is 11.2 Å². The number of carbonyl (C=O) groups excluding carboxylic acids is 1. The Kier molecular flexibility index (Phi) is 4.80. The SMILES string of the molecule is CC1c2cnc(-c3ncccn3)nc2CCN1c1cc(N(C)C(=O)C2CC2)cc(F)n1. The maximum atomic E-state index is 14.4. The molecule has 1 amide bonds. The van der Waals surface area contributed by atoms with Crippen LogP contribution in [-0.4, -0.2) is 44.4 Å². The Balaban J connectivity index is 1.43. The van der Waals surface area contributed by atoms with Gasteiger partial charge in [0.2, 0.25) is 11.9 Å². The number of halogens is 1. The summed E-state index contributed by atoms with van der Waals surface area (Å²) in [6.45, 7) is 2.64. The zero-order valence-corrected chi connectivity index (χ0v) is 17.4. The molecule has 1 aliphatic carbocycles. The number of carbonyl (C=O) groups is 1. The molecule has 1 atom stereocenters. The number of fused-ring (bicyclic) bond motifs is 1. The summed E-state index contributed by atoms with van der Waals surface area (Å²) in [6, 6.07) is 4.73. The second kappa shape index (κ2) is 7.64. The van der Waals surface area contributed by atoms with Crippen molar-refractivity contribution in [3.63, 3.8) is 0 Å². The minimum absolute atomic E-state index is 0.0256. The fraction of sp³-hybridized carbons (Fsp3) is 0.364. The summed E-state index contributed by atoms with van der Waals surface area (Å²) in [5, 5.41) is 0. The molecular formula is C22H22FN7O. The molecule has 1 fully saturated rings. The third-order valence-corrected chi connectivity index (χ3v) is 5.88. The molecule has 1 aliphatic heterocycles. The topological polar surface area (TPSA) is 88.0 Å². The Labute approximate surface area is 179 Å². The Hall–Kier alpha value is -3.49. The van der Waals surface area contributed by atoms with Crippen molar-refractivity contribution in [1.29, 1.82) is 0 Å². The number of hydrogen-bond acceptors (Lipinski definition) is 7. The Morgan fingerprint density at radius 3 is 2.65 bits per heavy atom. The third-order valence-electron chi connectivity index (χ3n) is 5.88. The Morgan fingerprint density at radius 1 is 1.13 bits per heavy atom. The van der Waals surface area contributed by atoms with Crippen LogP contribution in [0, 0.1) is 11.9 Å². The van der Waals surface area contributed by atoms with Gasteiger partial charge in [0.1, 0.15) is 5.82 Å². The van der Waals surface area contributed by atoms with Gasteiger partial charge in [-0.05, 0) is 25.8 Å². The summed E-state index contributed by atoms with van der Waals surface area (Å²) in [6.07, 6.45) is 7.57. The lowest BCUT2D eigenvalue weighted by molar-refractivity contribution is -0.119. The largest absolute Gasteiger partial charge is 0.349 e. The van der Waals surface area contributed by atoms with Gasteiger partial charge in [0.25, 0.3) is 0 Å². The fourth-order valence-corrected chi connectivity index (χ4v) is 3.94. The third kappa shape index (κ3) is 3.71. The van der Waals surface area contributed by atoms with Crippen molar-refractivity contribution in [2.45, 2.75) is 32.2 Å². The van der Waals surface area contributed by atoms with Crippen LogP contribution in [0.5, 0.6) is 0 Å². The van der Waals surface area contributed by atoms with Crippen LogP contribution in [0.2, 0.25) is 0 Å². The standard InChI is InChI=1S/C22H22FN7O/c1-13-16-12-26-21(20-24-7-3-8-25-20)27-17(16)6-9-30(13)19-11-15(10-18(23)28-19)29(2)22(31)14-4-5-14/h3,7-8,10-14H,4-6,9H2,1-2H3. The predicted molar refractivity (Wildman–Crippen MR) is 113 cm³/mol. The molecule has 8 nitrogen and oxygen atoms in total. The molecule has 0 radical (unpaired) electrons. The lowest BCUT2D eigenvalue weighted by atomic mass is 9.99. The van der Waals surface area contributed by atoms with Gasteiger partial charge in [-0.3, -0.25) is 4.79 Å². The minimum Gasteiger partial charge on any atom is -0.349 e. The van der Waals surface area contributed by atoms with Crippen LogP contribution < -0.4 is 9.80 Å². The van der Waals surface area contributed by atoms with Gasteiger partial charge < -0.3 is 9.80 Å². The predicted octanol–water partition coefficient (Wildman–Crippen LogP) is 2.96. The van der Waals surface area contributed by atoms with E-state index < -0.39 is 5.95 Å². The first-order valence-corrected chi connectivity index (χ1v) is 10.4. The van der Waals surface area contributed by atoms with Crippen molar-refractivity contribution < 1.29 is 9.18 Å². The number of aromatic nitrogens is 5. The van der Waals surface area contributed by atoms with E-state index in [1.807, 2.05) is 11.8 Å². The van der Waals surface area contributed by atoms with Gasteiger partial charge in [0.15, 0.2) is 11.6 Å². The molecule has 1 unspecified atom stereocenters. The van der Waals surface area contributed by atoms with E-state index in [1.165, 1.54) is 11.0 Å². The highest BCUT2D eigenvalue weighted by atomic mass is 19.1. The van der Waals surface area contributed by atoms with Crippen LogP contribution in [0.25, 0.3) is 11.6 Å². The zero-order chi connectivity index (χ0) is 21.5. The molecule has 9 heteroatoms. The maximum Gasteiger partial charge on any atom is 0.229 e. The fourth-order valence-electron chi connectivity index (χ4n) is 3.94. The lowest BCUT2D eigenvalue weighted by Crippen LogP contribution is -2.36. The van der Waals surface area contributed by atoms with E-state index in [1.54, 1.807) is 37.8 Å². The molecule has 3 aromatic heterocycles. The average Bonchev–Trinajstić information content (AvgIpc) is 3.64. The molecule has 3 aromatic rings. The molecule has 5 rings (SSSR count). The van der Waals surface area contributed by atoms with Crippen molar-refractivity contribution in [2.24, 2.45) is 5.92 Å². The molecule has 0 aromatic carbocycles. The second-order valence-corrected chi connectivity index (χ2v) is 7.97. The summed E-state index contributed by atoms with van der Waals surface area (Å²) in [4.78, 5) is 37.6. The van der Waals surface area contributed by atoms with E-state index in [0.717, 1.165) is 24.1 Å². The van der Waals surface area contributed by atoms with Gasteiger partial charge in [-0.15, -0.1) is 0 Å². The number of nitrogens with zero attached hydrogens (tertiary/aromatic N) is 7. The van der Waals surface area contributed by atoms with Crippen LogP contribution in [0.4, 0.5) is 15.9 Å². The van der Waals surface area contributed by atoms with Crippen LogP contribution in [0.1, 0.15) is 37.1 Å². The zero-order valence-electron chi connectivity index (χ0n) is 17.4. The maximum absolute atomic E-state index is 14.4. The van der Waals surface area contributed by atoms with Gasteiger partial charge >= 0.3 is 0 Å². The molecule has 0 N–H and O–H groups in total. The van der Waals surface area contributed by atoms with Gasteiger partial charge in [-0.25, -0.2) is 24.9 Å². The Bertz CT molecular complexity index is 1140. The number of amides is 1. The van der Waals surface area contributed by atoms with Gasteiger partial charge in [-0.1, -0.05) is 0 Å². The summed E-state index contributed by atoms with van der Waals surface area (Å²) in [7, 11) is 1.69. The van der Waals surface area contributed by atoms with E-state index >= 15 is 0 Å². The van der Waals surface area contributed by atoms with Crippen LogP contribution >= 0.6 is 0 Å². The van der Waals surface area contributed by atoms with Gasteiger partial charge in [0, 0.05) is 62.2 Å². The highest BCUT2D eigenvalue weighted by Gasteiger charge is 2.33. The molecular weight excluding hydrogens is 397 g/mol. The van der Waals surface area contributed by atoms with E-state index in [2.05, 4.69) is 24.9 Å². The first-order chi connectivity index (χ1) is 15.0. The molecule has 0 spiro atoms. The van der Waals surface area contributed by atoms with Crippen molar-refractivity contribution in [3.8, 4) is 11.6 Å². The molecule has 2 aliphatic rings. The highest BCUT2D eigenvalue weighted by molar-refractivity contribution is 5.96. The molecule has 158 valence electrons. The molecule has 4 heterocycles. The summed E-state index contributed by atoms with van der Waals surface area (Å²) in [5.41, 5.74) is 2.41. The van der Waals surface area contributed by atoms with Gasteiger partial charge in [0.05, 0.1) is 17.4 Å². The van der Waals surface area contributed by atoms with E-state index in [9.17, 15) is 9.18 Å². The minimum atomic E-state index is -0.603. The second-order valence-electron chi connectivity index (χ2n) is 7.97. The number of hydrogen-bond donors (Lipinski definition) is 0. The Morgan fingerprint density at radius 2 is 1.90 bits per heavy atom.